The molecule has 0 aromatic heterocycles. The highest BCUT2D eigenvalue weighted by atomic mass is 19.1. The molecule has 0 saturated carbocycles. The van der Waals surface area contributed by atoms with E-state index in [9.17, 15) is 9.18 Å². The fraction of sp³-hybridized carbons (Fsp3) is 0.471. The van der Waals surface area contributed by atoms with Gasteiger partial charge >= 0.3 is 0 Å². The van der Waals surface area contributed by atoms with Gasteiger partial charge < -0.3 is 10.4 Å². The molecule has 0 saturated heterocycles. The van der Waals surface area contributed by atoms with E-state index in [0.29, 0.717) is 12.0 Å². The maximum Gasteiger partial charge on any atom is 0.252 e. The minimum absolute atomic E-state index is 0.0379. The van der Waals surface area contributed by atoms with E-state index in [4.69, 9.17) is 5.11 Å². The minimum atomic E-state index is -0.464. The summed E-state index contributed by atoms with van der Waals surface area (Å²) in [5.74, 6) is 4.78. The quantitative estimate of drug-likeness (QED) is 0.792. The number of hydrogen-bond donors (Lipinski definition) is 2. The Morgan fingerprint density at radius 3 is 2.90 bits per heavy atom. The lowest BCUT2D eigenvalue weighted by molar-refractivity contribution is 0.0937. The van der Waals surface area contributed by atoms with E-state index in [1.807, 2.05) is 6.92 Å². The Morgan fingerprint density at radius 2 is 2.24 bits per heavy atom. The van der Waals surface area contributed by atoms with Crippen LogP contribution in [-0.2, 0) is 0 Å². The Balaban J connectivity index is 2.87. The molecule has 3 nitrogen and oxygen atoms in total. The third-order valence-electron chi connectivity index (χ3n) is 3.05. The van der Waals surface area contributed by atoms with Crippen LogP contribution in [0.4, 0.5) is 4.39 Å². The van der Waals surface area contributed by atoms with E-state index in [1.165, 1.54) is 18.2 Å². The molecule has 0 spiro atoms. The maximum absolute atomic E-state index is 13.4. The van der Waals surface area contributed by atoms with Crippen LogP contribution in [-0.4, -0.2) is 23.7 Å². The standard InChI is InChI=1S/C17H22FNO2/c1-3-4-7-13(2)19-17(21)16-12-15(18)10-9-14(16)8-5-6-11-20/h9-10,12-13,20H,3-4,6-7,11H2,1-2H3,(H,19,21). The van der Waals surface area contributed by atoms with Crippen molar-refractivity contribution >= 4 is 5.91 Å². The smallest absolute Gasteiger partial charge is 0.252 e. The Labute approximate surface area is 125 Å². The van der Waals surface area contributed by atoms with Crippen LogP contribution in [0.15, 0.2) is 18.2 Å². The van der Waals surface area contributed by atoms with Crippen molar-refractivity contribution in [3.05, 3.63) is 35.1 Å². The maximum atomic E-state index is 13.4. The summed E-state index contributed by atoms with van der Waals surface area (Å²) >= 11 is 0. The van der Waals surface area contributed by atoms with Gasteiger partial charge in [-0.15, -0.1) is 0 Å². The van der Waals surface area contributed by atoms with Gasteiger partial charge in [-0.05, 0) is 31.5 Å². The Hall–Kier alpha value is -1.86. The summed E-state index contributed by atoms with van der Waals surface area (Å²) in [6.45, 7) is 3.99. The van der Waals surface area contributed by atoms with Crippen molar-refractivity contribution in [3.63, 3.8) is 0 Å². The van der Waals surface area contributed by atoms with E-state index < -0.39 is 5.82 Å². The number of unbranched alkanes of at least 4 members (excludes halogenated alkanes) is 1. The van der Waals surface area contributed by atoms with Crippen LogP contribution in [0.3, 0.4) is 0 Å². The lowest BCUT2D eigenvalue weighted by Gasteiger charge is -2.14. The van der Waals surface area contributed by atoms with Crippen molar-refractivity contribution in [2.45, 2.75) is 45.6 Å². The van der Waals surface area contributed by atoms with Crippen molar-refractivity contribution in [1.29, 1.82) is 0 Å². The fourth-order valence-electron chi connectivity index (χ4n) is 1.91. The third-order valence-corrected chi connectivity index (χ3v) is 3.05. The molecule has 4 heteroatoms. The number of carbonyl (C=O) groups is 1. The van der Waals surface area contributed by atoms with Crippen LogP contribution in [0.5, 0.6) is 0 Å². The molecule has 0 bridgehead atoms. The zero-order chi connectivity index (χ0) is 15.7. The van der Waals surface area contributed by atoms with Crippen molar-refractivity contribution in [3.8, 4) is 11.8 Å². The highest BCUT2D eigenvalue weighted by Gasteiger charge is 2.13. The van der Waals surface area contributed by atoms with Crippen molar-refractivity contribution in [2.75, 3.05) is 6.61 Å². The van der Waals surface area contributed by atoms with Crippen molar-refractivity contribution < 1.29 is 14.3 Å². The number of rotatable bonds is 6. The van der Waals surface area contributed by atoms with Crippen LogP contribution in [0.1, 0.15) is 55.5 Å². The molecule has 2 N–H and O–H groups in total. The predicted molar refractivity (Wildman–Crippen MR) is 81.4 cm³/mol. The summed E-state index contributed by atoms with van der Waals surface area (Å²) in [5.41, 5.74) is 0.717. The molecule has 1 aromatic rings. The Kier molecular flexibility index (Phi) is 7.49. The molecular formula is C17H22FNO2. The molecular weight excluding hydrogens is 269 g/mol. The van der Waals surface area contributed by atoms with E-state index in [2.05, 4.69) is 24.1 Å². The number of amides is 1. The Morgan fingerprint density at radius 1 is 1.48 bits per heavy atom. The number of hydrogen-bond acceptors (Lipinski definition) is 2. The zero-order valence-electron chi connectivity index (χ0n) is 12.6. The number of nitrogens with one attached hydrogen (secondary N) is 1. The normalized spacial score (nSPS) is 11.4. The summed E-state index contributed by atoms with van der Waals surface area (Å²) in [6.07, 6.45) is 3.32. The monoisotopic (exact) mass is 291 g/mol. The summed E-state index contributed by atoms with van der Waals surface area (Å²) in [5, 5.41) is 11.6. The first kappa shape index (κ1) is 17.2. The largest absolute Gasteiger partial charge is 0.395 e. The molecule has 0 aliphatic rings. The van der Waals surface area contributed by atoms with Gasteiger partial charge in [-0.25, -0.2) is 4.39 Å². The van der Waals surface area contributed by atoms with E-state index in [-0.39, 0.29) is 24.1 Å². The predicted octanol–water partition coefficient (Wildman–Crippen LogP) is 2.87. The first-order valence-corrected chi connectivity index (χ1v) is 7.28. The fourth-order valence-corrected chi connectivity index (χ4v) is 1.91. The second-order valence-electron chi connectivity index (χ2n) is 4.98. The lowest BCUT2D eigenvalue weighted by Crippen LogP contribution is -2.33. The molecule has 0 radical (unpaired) electrons. The molecule has 0 aliphatic heterocycles. The molecule has 1 unspecified atom stereocenters. The summed E-state index contributed by atoms with van der Waals surface area (Å²) in [6, 6.07) is 4.01. The first-order chi connectivity index (χ1) is 10.1. The molecule has 21 heavy (non-hydrogen) atoms. The van der Waals surface area contributed by atoms with Gasteiger partial charge in [0.2, 0.25) is 0 Å². The third kappa shape index (κ3) is 5.97. The number of aliphatic hydroxyl groups excluding tert-OH is 1. The number of carbonyl (C=O) groups excluding carboxylic acids is 1. The highest BCUT2D eigenvalue weighted by molar-refractivity contribution is 5.96. The average Bonchev–Trinajstić information content (AvgIpc) is 2.46. The molecule has 0 aliphatic carbocycles. The van der Waals surface area contributed by atoms with Gasteiger partial charge in [0.15, 0.2) is 0 Å². The molecule has 1 rings (SSSR count). The van der Waals surface area contributed by atoms with Gasteiger partial charge in [-0.3, -0.25) is 4.79 Å². The molecule has 114 valence electrons. The summed E-state index contributed by atoms with van der Waals surface area (Å²) in [7, 11) is 0. The van der Waals surface area contributed by atoms with E-state index >= 15 is 0 Å². The number of halogens is 1. The van der Waals surface area contributed by atoms with Crippen LogP contribution in [0.25, 0.3) is 0 Å². The van der Waals surface area contributed by atoms with Gasteiger partial charge in [0.1, 0.15) is 5.82 Å². The van der Waals surface area contributed by atoms with Crippen LogP contribution < -0.4 is 5.32 Å². The van der Waals surface area contributed by atoms with Gasteiger partial charge in [0.25, 0.3) is 5.91 Å². The van der Waals surface area contributed by atoms with Crippen LogP contribution in [0.2, 0.25) is 0 Å². The number of aliphatic hydroxyl groups is 1. The van der Waals surface area contributed by atoms with Crippen molar-refractivity contribution in [1.82, 2.24) is 5.32 Å². The van der Waals surface area contributed by atoms with Crippen molar-refractivity contribution in [2.24, 2.45) is 0 Å². The highest BCUT2D eigenvalue weighted by Crippen LogP contribution is 2.11. The van der Waals surface area contributed by atoms with Gasteiger partial charge in [0, 0.05) is 18.0 Å². The lowest BCUT2D eigenvalue weighted by atomic mass is 10.1. The molecule has 1 amide bonds. The molecule has 0 heterocycles. The SMILES string of the molecule is CCCCC(C)NC(=O)c1cc(F)ccc1C#CCCO. The summed E-state index contributed by atoms with van der Waals surface area (Å²) in [4.78, 5) is 12.2. The van der Waals surface area contributed by atoms with E-state index in [1.54, 1.807) is 0 Å². The van der Waals surface area contributed by atoms with Gasteiger partial charge in [0.05, 0.1) is 12.2 Å². The van der Waals surface area contributed by atoms with Crippen LogP contribution in [0, 0.1) is 17.7 Å². The molecule has 1 atom stereocenters. The molecule has 0 fully saturated rings. The topological polar surface area (TPSA) is 49.3 Å². The van der Waals surface area contributed by atoms with Gasteiger partial charge in [-0.2, -0.15) is 0 Å². The zero-order valence-corrected chi connectivity index (χ0v) is 12.6. The minimum Gasteiger partial charge on any atom is -0.395 e. The van der Waals surface area contributed by atoms with Crippen LogP contribution >= 0.6 is 0 Å². The number of benzene rings is 1. The Bertz CT molecular complexity index is 531. The van der Waals surface area contributed by atoms with Gasteiger partial charge in [-0.1, -0.05) is 31.6 Å². The molecule has 1 aromatic carbocycles. The van der Waals surface area contributed by atoms with E-state index in [0.717, 1.165) is 19.3 Å². The summed E-state index contributed by atoms with van der Waals surface area (Å²) < 4.78 is 13.4. The second kappa shape index (κ2) is 9.15. The first-order valence-electron chi connectivity index (χ1n) is 7.28. The average molecular weight is 291 g/mol. The second-order valence-corrected chi connectivity index (χ2v) is 4.98.